The van der Waals surface area contributed by atoms with Gasteiger partial charge >= 0.3 is 6.03 Å². The molecule has 0 saturated carbocycles. The zero-order valence-corrected chi connectivity index (χ0v) is 14.0. The Labute approximate surface area is 140 Å². The average molecular weight is 331 g/mol. The molecule has 2 aromatic rings. The molecule has 24 heavy (non-hydrogen) atoms. The van der Waals surface area contributed by atoms with Gasteiger partial charge in [-0.2, -0.15) is 0 Å². The summed E-state index contributed by atoms with van der Waals surface area (Å²) in [6.07, 6.45) is 2.64. The molecule has 3 rings (SSSR count). The molecular weight excluding hydrogens is 309 g/mol. The van der Waals surface area contributed by atoms with Gasteiger partial charge in [0.05, 0.1) is 11.7 Å². The predicted octanol–water partition coefficient (Wildman–Crippen LogP) is 3.73. The van der Waals surface area contributed by atoms with Gasteiger partial charge in [0.15, 0.2) is 0 Å². The number of nitrogens with one attached hydrogen (secondary N) is 1. The molecule has 1 aromatic carbocycles. The maximum atomic E-state index is 12.9. The Morgan fingerprint density at radius 1 is 1.42 bits per heavy atom. The number of carbonyl (C=O) groups excluding carboxylic acids is 1. The fraction of sp³-hybridized carbons (Fsp3) is 0.444. The number of likely N-dealkylation sites (tertiary alicyclic amines) is 1. The maximum Gasteiger partial charge on any atom is 0.318 e. The van der Waals surface area contributed by atoms with E-state index < -0.39 is 0 Å². The van der Waals surface area contributed by atoms with Crippen LogP contribution in [0.4, 0.5) is 9.18 Å². The maximum absolute atomic E-state index is 12.9. The lowest BCUT2D eigenvalue weighted by molar-refractivity contribution is 0.192. The Bertz CT molecular complexity index is 712. The number of benzene rings is 1. The van der Waals surface area contributed by atoms with Crippen molar-refractivity contribution in [1.29, 1.82) is 0 Å². The van der Waals surface area contributed by atoms with Crippen LogP contribution in [0.25, 0.3) is 0 Å². The summed E-state index contributed by atoms with van der Waals surface area (Å²) in [6, 6.07) is 6.05. The Morgan fingerprint density at radius 3 is 2.88 bits per heavy atom. The van der Waals surface area contributed by atoms with Gasteiger partial charge in [-0.3, -0.25) is 0 Å². The van der Waals surface area contributed by atoms with Crippen molar-refractivity contribution in [2.45, 2.75) is 45.7 Å². The van der Waals surface area contributed by atoms with Gasteiger partial charge < -0.3 is 14.7 Å². The van der Waals surface area contributed by atoms with E-state index in [0.29, 0.717) is 13.1 Å². The molecule has 1 aliphatic heterocycles. The quantitative estimate of drug-likeness (QED) is 0.928. The van der Waals surface area contributed by atoms with E-state index in [2.05, 4.69) is 10.5 Å². The van der Waals surface area contributed by atoms with Crippen molar-refractivity contribution in [3.8, 4) is 0 Å². The molecule has 1 aliphatic rings. The summed E-state index contributed by atoms with van der Waals surface area (Å²) in [5, 5.41) is 6.98. The standard InChI is InChI=1S/C18H22FN3O2/c1-3-16-17(12(2)21-24-16)15-5-4-10-22(15)18(23)20-11-13-6-8-14(19)9-7-13/h6-9,15H,3-5,10-11H2,1-2H3,(H,20,23). The van der Waals surface area contributed by atoms with E-state index >= 15 is 0 Å². The summed E-state index contributed by atoms with van der Waals surface area (Å²) < 4.78 is 18.3. The number of hydrogen-bond acceptors (Lipinski definition) is 3. The van der Waals surface area contributed by atoms with Crippen molar-refractivity contribution in [3.63, 3.8) is 0 Å². The number of aromatic nitrogens is 1. The average Bonchev–Trinajstić information content (AvgIpc) is 3.19. The van der Waals surface area contributed by atoms with Crippen LogP contribution in [0.5, 0.6) is 0 Å². The number of amides is 2. The highest BCUT2D eigenvalue weighted by atomic mass is 19.1. The molecule has 0 aliphatic carbocycles. The molecule has 1 N–H and O–H groups in total. The van der Waals surface area contributed by atoms with Gasteiger partial charge in [-0.15, -0.1) is 0 Å². The fourth-order valence-electron chi connectivity index (χ4n) is 3.30. The van der Waals surface area contributed by atoms with E-state index in [1.54, 1.807) is 12.1 Å². The van der Waals surface area contributed by atoms with Gasteiger partial charge in [0.25, 0.3) is 0 Å². The number of hydrogen-bond donors (Lipinski definition) is 1. The zero-order chi connectivity index (χ0) is 17.1. The third-order valence-electron chi connectivity index (χ3n) is 4.51. The van der Waals surface area contributed by atoms with E-state index in [4.69, 9.17) is 4.52 Å². The second kappa shape index (κ2) is 7.03. The monoisotopic (exact) mass is 331 g/mol. The highest BCUT2D eigenvalue weighted by Crippen LogP contribution is 2.35. The Balaban J connectivity index is 1.69. The van der Waals surface area contributed by atoms with Gasteiger partial charge in [0.1, 0.15) is 11.6 Å². The van der Waals surface area contributed by atoms with E-state index in [9.17, 15) is 9.18 Å². The second-order valence-corrected chi connectivity index (χ2v) is 6.09. The molecular formula is C18H22FN3O2. The van der Waals surface area contributed by atoms with Crippen molar-refractivity contribution >= 4 is 6.03 Å². The van der Waals surface area contributed by atoms with Gasteiger partial charge in [0, 0.05) is 25.1 Å². The minimum absolute atomic E-state index is 0.0133. The first-order chi connectivity index (χ1) is 11.6. The molecule has 1 aromatic heterocycles. The summed E-state index contributed by atoms with van der Waals surface area (Å²) >= 11 is 0. The molecule has 2 amide bonds. The molecule has 1 unspecified atom stereocenters. The number of urea groups is 1. The van der Waals surface area contributed by atoms with Crippen LogP contribution < -0.4 is 5.32 Å². The first-order valence-electron chi connectivity index (χ1n) is 8.34. The van der Waals surface area contributed by atoms with Gasteiger partial charge in [0.2, 0.25) is 0 Å². The van der Waals surface area contributed by atoms with Gasteiger partial charge in [-0.25, -0.2) is 9.18 Å². The predicted molar refractivity (Wildman–Crippen MR) is 87.9 cm³/mol. The first-order valence-corrected chi connectivity index (χ1v) is 8.34. The Hall–Kier alpha value is -2.37. The van der Waals surface area contributed by atoms with Crippen LogP contribution in [0.1, 0.15) is 48.4 Å². The normalized spacial score (nSPS) is 17.3. The highest BCUT2D eigenvalue weighted by molar-refractivity contribution is 5.75. The lowest BCUT2D eigenvalue weighted by atomic mass is 10.0. The summed E-state index contributed by atoms with van der Waals surface area (Å²) in [4.78, 5) is 14.4. The van der Waals surface area contributed by atoms with Gasteiger partial charge in [-0.05, 0) is 37.5 Å². The van der Waals surface area contributed by atoms with Crippen molar-refractivity contribution in [1.82, 2.24) is 15.4 Å². The first kappa shape index (κ1) is 16.5. The smallest absolute Gasteiger partial charge is 0.318 e. The highest BCUT2D eigenvalue weighted by Gasteiger charge is 2.34. The summed E-state index contributed by atoms with van der Waals surface area (Å²) in [5.74, 6) is 0.579. The topological polar surface area (TPSA) is 58.4 Å². The molecule has 5 nitrogen and oxygen atoms in total. The van der Waals surface area contributed by atoms with Crippen molar-refractivity contribution in [2.24, 2.45) is 0 Å². The zero-order valence-electron chi connectivity index (χ0n) is 14.0. The number of carbonyl (C=O) groups is 1. The minimum Gasteiger partial charge on any atom is -0.361 e. The largest absolute Gasteiger partial charge is 0.361 e. The fourth-order valence-corrected chi connectivity index (χ4v) is 3.30. The summed E-state index contributed by atoms with van der Waals surface area (Å²) in [6.45, 7) is 5.04. The third kappa shape index (κ3) is 3.27. The molecule has 128 valence electrons. The van der Waals surface area contributed by atoms with Crippen molar-refractivity contribution < 1.29 is 13.7 Å². The lowest BCUT2D eigenvalue weighted by Gasteiger charge is -2.25. The van der Waals surface area contributed by atoms with E-state index in [0.717, 1.165) is 41.8 Å². The van der Waals surface area contributed by atoms with E-state index in [1.165, 1.54) is 12.1 Å². The van der Waals surface area contributed by atoms with Crippen LogP contribution in [-0.2, 0) is 13.0 Å². The molecule has 0 radical (unpaired) electrons. The summed E-state index contributed by atoms with van der Waals surface area (Å²) in [5.41, 5.74) is 2.78. The molecule has 0 spiro atoms. The van der Waals surface area contributed by atoms with Crippen LogP contribution in [0.2, 0.25) is 0 Å². The van der Waals surface area contributed by atoms with E-state index in [-0.39, 0.29) is 17.9 Å². The molecule has 6 heteroatoms. The molecule has 0 bridgehead atoms. The van der Waals surface area contributed by atoms with Gasteiger partial charge in [-0.1, -0.05) is 24.2 Å². The van der Waals surface area contributed by atoms with Crippen molar-refractivity contribution in [2.75, 3.05) is 6.54 Å². The van der Waals surface area contributed by atoms with Crippen LogP contribution in [0.15, 0.2) is 28.8 Å². The number of nitrogens with zero attached hydrogens (tertiary/aromatic N) is 2. The van der Waals surface area contributed by atoms with Crippen LogP contribution in [0.3, 0.4) is 0 Å². The van der Waals surface area contributed by atoms with Crippen molar-refractivity contribution in [3.05, 3.63) is 52.7 Å². The minimum atomic E-state index is -0.278. The van der Waals surface area contributed by atoms with E-state index in [1.807, 2.05) is 18.7 Å². The molecule has 1 saturated heterocycles. The Morgan fingerprint density at radius 2 is 2.17 bits per heavy atom. The molecule has 2 heterocycles. The third-order valence-corrected chi connectivity index (χ3v) is 4.51. The van der Waals surface area contributed by atoms with Crippen LogP contribution in [0, 0.1) is 12.7 Å². The second-order valence-electron chi connectivity index (χ2n) is 6.09. The number of rotatable bonds is 4. The lowest BCUT2D eigenvalue weighted by Crippen LogP contribution is -2.39. The summed E-state index contributed by atoms with van der Waals surface area (Å²) in [7, 11) is 0. The number of halogens is 1. The Kier molecular flexibility index (Phi) is 4.83. The molecule has 1 atom stereocenters. The van der Waals surface area contributed by atoms with Crippen LogP contribution in [-0.4, -0.2) is 22.6 Å². The SMILES string of the molecule is CCc1onc(C)c1C1CCCN1C(=O)NCc1ccc(F)cc1. The van der Waals surface area contributed by atoms with Crippen LogP contribution >= 0.6 is 0 Å². The molecule has 1 fully saturated rings. The number of aryl methyl sites for hydroxylation is 2.